The van der Waals surface area contributed by atoms with E-state index in [4.69, 9.17) is 0 Å². The monoisotopic (exact) mass is 355 g/mol. The third kappa shape index (κ3) is 7.31. The van der Waals surface area contributed by atoms with Gasteiger partial charge in [-0.25, -0.2) is 13.1 Å². The zero-order valence-corrected chi connectivity index (χ0v) is 15.8. The number of anilines is 1. The lowest BCUT2D eigenvalue weighted by Gasteiger charge is -2.13. The highest BCUT2D eigenvalue weighted by atomic mass is 32.2. The van der Waals surface area contributed by atoms with Crippen molar-refractivity contribution in [2.45, 2.75) is 44.9 Å². The molecule has 0 heterocycles. The molecule has 1 aromatic rings. The molecule has 6 nitrogen and oxygen atoms in total. The van der Waals surface area contributed by atoms with Crippen LogP contribution >= 0.6 is 0 Å². The van der Waals surface area contributed by atoms with Crippen molar-refractivity contribution in [2.24, 2.45) is 0 Å². The molecule has 136 valence electrons. The lowest BCUT2D eigenvalue weighted by molar-refractivity contribution is -0.121. The van der Waals surface area contributed by atoms with Gasteiger partial charge in [0.15, 0.2) is 0 Å². The summed E-state index contributed by atoms with van der Waals surface area (Å²) in [6.07, 6.45) is 1.71. The largest absolute Gasteiger partial charge is 0.378 e. The quantitative estimate of drug-likeness (QED) is 0.628. The van der Waals surface area contributed by atoms with Crippen molar-refractivity contribution in [3.05, 3.63) is 29.8 Å². The number of hydrogen-bond donors (Lipinski definition) is 2. The number of nitrogens with one attached hydrogen (secondary N) is 2. The SMILES string of the molecule is CC(C)S(=O)(=O)NCCCCC(=O)NCc1ccc(N(C)C)cc1. The van der Waals surface area contributed by atoms with Crippen LogP contribution in [0.25, 0.3) is 0 Å². The van der Waals surface area contributed by atoms with E-state index in [0.29, 0.717) is 32.4 Å². The van der Waals surface area contributed by atoms with Crippen molar-refractivity contribution in [2.75, 3.05) is 25.5 Å². The van der Waals surface area contributed by atoms with Gasteiger partial charge in [-0.3, -0.25) is 4.79 Å². The number of carbonyl (C=O) groups is 1. The third-order valence-corrected chi connectivity index (χ3v) is 5.54. The van der Waals surface area contributed by atoms with Gasteiger partial charge in [0.05, 0.1) is 5.25 Å². The second kappa shape index (κ2) is 9.64. The average molecular weight is 356 g/mol. The van der Waals surface area contributed by atoms with Gasteiger partial charge in [-0.1, -0.05) is 12.1 Å². The topological polar surface area (TPSA) is 78.5 Å². The molecule has 1 amide bonds. The van der Waals surface area contributed by atoms with Gasteiger partial charge in [0.1, 0.15) is 0 Å². The molecule has 0 spiro atoms. The summed E-state index contributed by atoms with van der Waals surface area (Å²) >= 11 is 0. The Balaban J connectivity index is 2.20. The molecule has 0 radical (unpaired) electrons. The Morgan fingerprint density at radius 3 is 2.29 bits per heavy atom. The minimum absolute atomic E-state index is 0.0154. The Labute approximate surface area is 145 Å². The lowest BCUT2D eigenvalue weighted by atomic mass is 10.2. The van der Waals surface area contributed by atoms with Crippen LogP contribution in [-0.4, -0.2) is 40.2 Å². The molecule has 0 aromatic heterocycles. The van der Waals surface area contributed by atoms with Gasteiger partial charge in [-0.15, -0.1) is 0 Å². The number of hydrogen-bond acceptors (Lipinski definition) is 4. The van der Waals surface area contributed by atoms with E-state index in [1.54, 1.807) is 13.8 Å². The van der Waals surface area contributed by atoms with Gasteiger partial charge in [-0.05, 0) is 44.4 Å². The van der Waals surface area contributed by atoms with Crippen LogP contribution in [0.3, 0.4) is 0 Å². The molecule has 0 aliphatic carbocycles. The summed E-state index contributed by atoms with van der Waals surface area (Å²) in [6.45, 7) is 4.16. The van der Waals surface area contributed by atoms with Gasteiger partial charge < -0.3 is 10.2 Å². The van der Waals surface area contributed by atoms with Crippen molar-refractivity contribution in [3.8, 4) is 0 Å². The van der Waals surface area contributed by atoms with Crippen LogP contribution in [0, 0.1) is 0 Å². The predicted octanol–water partition coefficient (Wildman–Crippen LogP) is 1.87. The molecule has 0 fully saturated rings. The molecular weight excluding hydrogens is 326 g/mol. The fourth-order valence-corrected chi connectivity index (χ4v) is 2.75. The zero-order valence-electron chi connectivity index (χ0n) is 15.0. The minimum Gasteiger partial charge on any atom is -0.378 e. The van der Waals surface area contributed by atoms with Crippen molar-refractivity contribution < 1.29 is 13.2 Å². The van der Waals surface area contributed by atoms with Gasteiger partial charge >= 0.3 is 0 Å². The normalized spacial score (nSPS) is 11.5. The molecule has 0 unspecified atom stereocenters. The van der Waals surface area contributed by atoms with Crippen LogP contribution in [0.5, 0.6) is 0 Å². The van der Waals surface area contributed by atoms with Crippen LogP contribution < -0.4 is 14.9 Å². The first kappa shape index (κ1) is 20.4. The van der Waals surface area contributed by atoms with E-state index in [-0.39, 0.29) is 5.91 Å². The first-order valence-corrected chi connectivity index (χ1v) is 9.78. The maximum Gasteiger partial charge on any atom is 0.220 e. The van der Waals surface area contributed by atoms with Gasteiger partial charge in [0.2, 0.25) is 15.9 Å². The molecule has 0 saturated carbocycles. The number of carbonyl (C=O) groups excluding carboxylic acids is 1. The van der Waals surface area contributed by atoms with Gasteiger partial charge in [-0.2, -0.15) is 0 Å². The Bertz CT molecular complexity index is 610. The molecular formula is C17H29N3O3S. The van der Waals surface area contributed by atoms with Crippen LogP contribution in [0.15, 0.2) is 24.3 Å². The smallest absolute Gasteiger partial charge is 0.220 e. The van der Waals surface area contributed by atoms with Crippen molar-refractivity contribution in [1.29, 1.82) is 0 Å². The van der Waals surface area contributed by atoms with Crippen LogP contribution in [0.1, 0.15) is 38.7 Å². The highest BCUT2D eigenvalue weighted by Crippen LogP contribution is 2.12. The molecule has 7 heteroatoms. The molecule has 0 atom stereocenters. The van der Waals surface area contributed by atoms with E-state index in [1.165, 1.54) is 0 Å². The Morgan fingerprint density at radius 1 is 1.12 bits per heavy atom. The first-order chi connectivity index (χ1) is 11.2. The Hall–Kier alpha value is -1.60. The lowest BCUT2D eigenvalue weighted by Crippen LogP contribution is -2.31. The van der Waals surface area contributed by atoms with E-state index in [0.717, 1.165) is 11.3 Å². The van der Waals surface area contributed by atoms with E-state index >= 15 is 0 Å². The number of sulfonamides is 1. The molecule has 2 N–H and O–H groups in total. The molecule has 24 heavy (non-hydrogen) atoms. The van der Waals surface area contributed by atoms with Crippen molar-refractivity contribution in [1.82, 2.24) is 10.0 Å². The fraction of sp³-hybridized carbons (Fsp3) is 0.588. The molecule has 0 bridgehead atoms. The number of nitrogens with zero attached hydrogens (tertiary/aromatic N) is 1. The Kier molecular flexibility index (Phi) is 8.21. The van der Waals surface area contributed by atoms with Gasteiger partial charge in [0.25, 0.3) is 0 Å². The van der Waals surface area contributed by atoms with Crippen LogP contribution in [-0.2, 0) is 21.4 Å². The molecule has 1 rings (SSSR count). The van der Waals surface area contributed by atoms with E-state index in [1.807, 2.05) is 43.3 Å². The standard InChI is InChI=1S/C17H29N3O3S/c1-14(2)24(22,23)19-12-6-5-7-17(21)18-13-15-8-10-16(11-9-15)20(3)4/h8-11,14,19H,5-7,12-13H2,1-4H3,(H,18,21). The summed E-state index contributed by atoms with van der Waals surface area (Å²) in [5.74, 6) is -0.0154. The Morgan fingerprint density at radius 2 is 1.75 bits per heavy atom. The van der Waals surface area contributed by atoms with Crippen molar-refractivity contribution in [3.63, 3.8) is 0 Å². The maximum absolute atomic E-state index is 11.8. The molecule has 0 aliphatic rings. The van der Waals surface area contributed by atoms with E-state index in [2.05, 4.69) is 10.0 Å². The highest BCUT2D eigenvalue weighted by Gasteiger charge is 2.14. The summed E-state index contributed by atoms with van der Waals surface area (Å²) in [7, 11) is 0.759. The summed E-state index contributed by atoms with van der Waals surface area (Å²) < 4.78 is 25.7. The number of rotatable bonds is 10. The zero-order chi connectivity index (χ0) is 18.2. The summed E-state index contributed by atoms with van der Waals surface area (Å²) in [5.41, 5.74) is 2.17. The predicted molar refractivity (Wildman–Crippen MR) is 98.5 cm³/mol. The van der Waals surface area contributed by atoms with E-state index in [9.17, 15) is 13.2 Å². The van der Waals surface area contributed by atoms with Crippen LogP contribution in [0.2, 0.25) is 0 Å². The second-order valence-corrected chi connectivity index (χ2v) is 8.60. The number of amides is 1. The summed E-state index contributed by atoms with van der Waals surface area (Å²) in [5, 5.41) is 2.45. The van der Waals surface area contributed by atoms with Crippen molar-refractivity contribution >= 4 is 21.6 Å². The minimum atomic E-state index is -3.21. The van der Waals surface area contributed by atoms with E-state index < -0.39 is 15.3 Å². The molecule has 1 aromatic carbocycles. The second-order valence-electron chi connectivity index (χ2n) is 6.28. The maximum atomic E-state index is 11.8. The van der Waals surface area contributed by atoms with Gasteiger partial charge in [0, 0.05) is 39.3 Å². The molecule has 0 saturated heterocycles. The first-order valence-electron chi connectivity index (χ1n) is 8.24. The highest BCUT2D eigenvalue weighted by molar-refractivity contribution is 7.90. The third-order valence-electron chi connectivity index (χ3n) is 3.70. The fourth-order valence-electron chi connectivity index (χ4n) is 1.99. The average Bonchev–Trinajstić information content (AvgIpc) is 2.52. The summed E-state index contributed by atoms with van der Waals surface area (Å²) in [4.78, 5) is 13.8. The summed E-state index contributed by atoms with van der Waals surface area (Å²) in [6, 6.07) is 8.03. The number of benzene rings is 1. The number of unbranched alkanes of at least 4 members (excludes halogenated alkanes) is 1. The molecule has 0 aliphatic heterocycles. The van der Waals surface area contributed by atoms with Crippen LogP contribution in [0.4, 0.5) is 5.69 Å².